The third-order valence-corrected chi connectivity index (χ3v) is 2.90. The van der Waals surface area contributed by atoms with Crippen LogP contribution in [0.15, 0.2) is 6.20 Å². The van der Waals surface area contributed by atoms with Gasteiger partial charge in [-0.2, -0.15) is 5.10 Å². The lowest BCUT2D eigenvalue weighted by molar-refractivity contribution is -0.120. The lowest BCUT2D eigenvalue weighted by atomic mass is 10.1. The van der Waals surface area contributed by atoms with Crippen molar-refractivity contribution in [3.8, 4) is 0 Å². The maximum atomic E-state index is 5.23. The van der Waals surface area contributed by atoms with Crippen LogP contribution in [0.4, 0.5) is 0 Å². The Kier molecular flexibility index (Phi) is 5.11. The van der Waals surface area contributed by atoms with E-state index < -0.39 is 0 Å². The molecule has 0 saturated carbocycles. The fraction of sp³-hybridized carbons (Fsp3) is 0.750. The fourth-order valence-corrected chi connectivity index (χ4v) is 2.11. The van der Waals surface area contributed by atoms with Crippen molar-refractivity contribution in [2.45, 2.75) is 39.1 Å². The van der Waals surface area contributed by atoms with E-state index in [2.05, 4.69) is 17.3 Å². The Bertz CT molecular complexity index is 348. The molecule has 1 heterocycles. The van der Waals surface area contributed by atoms with Crippen molar-refractivity contribution in [2.75, 3.05) is 14.2 Å². The Hall–Kier alpha value is -0.910. The van der Waals surface area contributed by atoms with E-state index in [4.69, 9.17) is 9.47 Å². The number of aryl methyl sites for hydroxylation is 2. The third-order valence-electron chi connectivity index (χ3n) is 2.90. The van der Waals surface area contributed by atoms with Gasteiger partial charge in [0.1, 0.15) is 0 Å². The fourth-order valence-electron chi connectivity index (χ4n) is 2.11. The number of aromatic nitrogens is 2. The standard InChI is InChI=1S/C12H23N3O2/c1-8(11-7-15(4)14-9(11)2)13-10(3)12(16-5)17-6/h7-8,10,12-13H,1-6H3. The monoisotopic (exact) mass is 241 g/mol. The zero-order chi connectivity index (χ0) is 13.0. The van der Waals surface area contributed by atoms with E-state index in [0.29, 0.717) is 0 Å². The maximum absolute atomic E-state index is 5.23. The van der Waals surface area contributed by atoms with Crippen LogP contribution in [0.25, 0.3) is 0 Å². The second-order valence-corrected chi connectivity index (χ2v) is 4.36. The molecule has 0 saturated heterocycles. The molecule has 0 bridgehead atoms. The average molecular weight is 241 g/mol. The molecule has 0 aliphatic rings. The molecular weight excluding hydrogens is 218 g/mol. The van der Waals surface area contributed by atoms with Crippen molar-refractivity contribution in [1.29, 1.82) is 0 Å². The number of nitrogens with one attached hydrogen (secondary N) is 1. The van der Waals surface area contributed by atoms with Gasteiger partial charge in [0.15, 0.2) is 6.29 Å². The Morgan fingerprint density at radius 1 is 1.29 bits per heavy atom. The van der Waals surface area contributed by atoms with E-state index in [9.17, 15) is 0 Å². The summed E-state index contributed by atoms with van der Waals surface area (Å²) in [5.74, 6) is 0. The lowest BCUT2D eigenvalue weighted by Gasteiger charge is -2.25. The Labute approximate surface area is 103 Å². The van der Waals surface area contributed by atoms with Crippen LogP contribution in [-0.2, 0) is 16.5 Å². The molecule has 0 aliphatic heterocycles. The third kappa shape index (κ3) is 3.52. The normalized spacial score (nSPS) is 15.2. The van der Waals surface area contributed by atoms with Gasteiger partial charge >= 0.3 is 0 Å². The summed E-state index contributed by atoms with van der Waals surface area (Å²) < 4.78 is 12.3. The minimum Gasteiger partial charge on any atom is -0.354 e. The van der Waals surface area contributed by atoms with Crippen molar-refractivity contribution >= 4 is 0 Å². The number of nitrogens with zero attached hydrogens (tertiary/aromatic N) is 2. The summed E-state index contributed by atoms with van der Waals surface area (Å²) in [6.45, 7) is 6.17. The van der Waals surface area contributed by atoms with Gasteiger partial charge in [-0.25, -0.2) is 0 Å². The van der Waals surface area contributed by atoms with Gasteiger partial charge < -0.3 is 14.8 Å². The highest BCUT2D eigenvalue weighted by Crippen LogP contribution is 2.17. The van der Waals surface area contributed by atoms with Crippen LogP contribution in [0.5, 0.6) is 0 Å². The van der Waals surface area contributed by atoms with Crippen LogP contribution in [-0.4, -0.2) is 36.3 Å². The summed E-state index contributed by atoms with van der Waals surface area (Å²) in [7, 11) is 5.22. The van der Waals surface area contributed by atoms with Crippen molar-refractivity contribution < 1.29 is 9.47 Å². The van der Waals surface area contributed by atoms with Crippen LogP contribution >= 0.6 is 0 Å². The Morgan fingerprint density at radius 3 is 2.29 bits per heavy atom. The molecule has 1 aromatic heterocycles. The van der Waals surface area contributed by atoms with E-state index >= 15 is 0 Å². The minimum absolute atomic E-state index is 0.111. The average Bonchev–Trinajstić information content (AvgIpc) is 2.59. The molecule has 1 aromatic rings. The summed E-state index contributed by atoms with van der Waals surface area (Å²) >= 11 is 0. The first kappa shape index (κ1) is 14.2. The van der Waals surface area contributed by atoms with Crippen LogP contribution in [0, 0.1) is 6.92 Å². The summed E-state index contributed by atoms with van der Waals surface area (Å²) in [4.78, 5) is 0. The summed E-state index contributed by atoms with van der Waals surface area (Å²) in [5.41, 5.74) is 2.25. The van der Waals surface area contributed by atoms with Gasteiger partial charge in [-0.1, -0.05) is 0 Å². The smallest absolute Gasteiger partial charge is 0.171 e. The highest BCUT2D eigenvalue weighted by Gasteiger charge is 2.20. The molecule has 5 heteroatoms. The summed E-state index contributed by atoms with van der Waals surface area (Å²) in [5, 5.41) is 7.79. The van der Waals surface area contributed by atoms with E-state index in [0.717, 1.165) is 5.69 Å². The minimum atomic E-state index is -0.241. The molecule has 2 atom stereocenters. The summed E-state index contributed by atoms with van der Waals surface area (Å²) in [6, 6.07) is 0.325. The Morgan fingerprint density at radius 2 is 1.88 bits per heavy atom. The van der Waals surface area contributed by atoms with Gasteiger partial charge in [-0.15, -0.1) is 0 Å². The topological polar surface area (TPSA) is 48.3 Å². The second kappa shape index (κ2) is 6.14. The molecule has 17 heavy (non-hydrogen) atoms. The predicted molar refractivity (Wildman–Crippen MR) is 66.8 cm³/mol. The van der Waals surface area contributed by atoms with Crippen LogP contribution in [0.3, 0.4) is 0 Å². The molecule has 0 fully saturated rings. The van der Waals surface area contributed by atoms with Gasteiger partial charge in [0.05, 0.1) is 11.7 Å². The molecular formula is C12H23N3O2. The van der Waals surface area contributed by atoms with Gasteiger partial charge in [0.25, 0.3) is 0 Å². The van der Waals surface area contributed by atoms with Gasteiger partial charge in [0.2, 0.25) is 0 Å². The van der Waals surface area contributed by atoms with Crippen molar-refractivity contribution in [3.63, 3.8) is 0 Å². The first-order chi connectivity index (χ1) is 7.99. The highest BCUT2D eigenvalue weighted by molar-refractivity contribution is 5.19. The van der Waals surface area contributed by atoms with Crippen molar-refractivity contribution in [1.82, 2.24) is 15.1 Å². The number of ether oxygens (including phenoxy) is 2. The Balaban J connectivity index is 2.65. The molecule has 1 rings (SSSR count). The van der Waals surface area contributed by atoms with Gasteiger partial charge in [0, 0.05) is 39.1 Å². The number of methoxy groups -OCH3 is 2. The van der Waals surface area contributed by atoms with E-state index in [1.165, 1.54) is 5.56 Å². The molecule has 1 N–H and O–H groups in total. The number of hydrogen-bond donors (Lipinski definition) is 1. The molecule has 2 unspecified atom stereocenters. The first-order valence-electron chi connectivity index (χ1n) is 5.81. The number of rotatable bonds is 6. The van der Waals surface area contributed by atoms with E-state index in [1.54, 1.807) is 14.2 Å². The second-order valence-electron chi connectivity index (χ2n) is 4.36. The molecule has 0 radical (unpaired) electrons. The van der Waals surface area contributed by atoms with Crippen LogP contribution in [0.2, 0.25) is 0 Å². The van der Waals surface area contributed by atoms with Crippen molar-refractivity contribution in [3.05, 3.63) is 17.5 Å². The zero-order valence-electron chi connectivity index (χ0n) is 11.5. The first-order valence-corrected chi connectivity index (χ1v) is 5.81. The molecule has 98 valence electrons. The van der Waals surface area contributed by atoms with E-state index in [1.807, 2.05) is 31.8 Å². The quantitative estimate of drug-likeness (QED) is 0.765. The maximum Gasteiger partial charge on any atom is 0.171 e. The summed E-state index contributed by atoms with van der Waals surface area (Å²) in [6.07, 6.45) is 1.79. The molecule has 0 amide bonds. The predicted octanol–water partition coefficient (Wildman–Crippen LogP) is 1.39. The molecule has 5 nitrogen and oxygen atoms in total. The van der Waals surface area contributed by atoms with Crippen molar-refractivity contribution in [2.24, 2.45) is 7.05 Å². The lowest BCUT2D eigenvalue weighted by Crippen LogP contribution is -2.40. The molecule has 0 aliphatic carbocycles. The molecule has 0 spiro atoms. The molecule has 0 aromatic carbocycles. The van der Waals surface area contributed by atoms with E-state index in [-0.39, 0.29) is 18.4 Å². The largest absolute Gasteiger partial charge is 0.354 e. The van der Waals surface area contributed by atoms with Crippen LogP contribution in [0.1, 0.15) is 31.1 Å². The number of hydrogen-bond acceptors (Lipinski definition) is 4. The van der Waals surface area contributed by atoms with Gasteiger partial charge in [-0.3, -0.25) is 4.68 Å². The SMILES string of the molecule is COC(OC)C(C)NC(C)c1cn(C)nc1C. The van der Waals surface area contributed by atoms with Crippen LogP contribution < -0.4 is 5.32 Å². The highest BCUT2D eigenvalue weighted by atomic mass is 16.7. The zero-order valence-corrected chi connectivity index (χ0v) is 11.5. The van der Waals surface area contributed by atoms with Gasteiger partial charge in [-0.05, 0) is 20.8 Å².